The van der Waals surface area contributed by atoms with Crippen molar-refractivity contribution in [3.8, 4) is 11.5 Å². The molecule has 3 N–H and O–H groups in total. The molecule has 33 heavy (non-hydrogen) atoms. The number of rotatable bonds is 12. The van der Waals surface area contributed by atoms with Crippen molar-refractivity contribution in [2.24, 2.45) is 5.41 Å². The van der Waals surface area contributed by atoms with Gasteiger partial charge in [-0.3, -0.25) is 0 Å². The van der Waals surface area contributed by atoms with Crippen molar-refractivity contribution in [1.82, 2.24) is 0 Å². The van der Waals surface area contributed by atoms with E-state index in [0.717, 1.165) is 41.9 Å². The van der Waals surface area contributed by atoms with E-state index >= 15 is 0 Å². The lowest BCUT2D eigenvalue weighted by Crippen LogP contribution is -2.32. The van der Waals surface area contributed by atoms with Gasteiger partial charge in [-0.2, -0.15) is 0 Å². The summed E-state index contributed by atoms with van der Waals surface area (Å²) in [6.07, 6.45) is 1.69. The minimum atomic E-state index is -0.865. The van der Waals surface area contributed by atoms with Crippen molar-refractivity contribution in [2.45, 2.75) is 78.9 Å². The van der Waals surface area contributed by atoms with Gasteiger partial charge in [-0.05, 0) is 78.8 Å². The van der Waals surface area contributed by atoms with E-state index in [1.54, 1.807) is 0 Å². The fourth-order valence-corrected chi connectivity index (χ4v) is 3.72. The highest BCUT2D eigenvalue weighted by Crippen LogP contribution is 2.30. The van der Waals surface area contributed by atoms with E-state index in [9.17, 15) is 10.2 Å². The van der Waals surface area contributed by atoms with Gasteiger partial charge in [-0.25, -0.2) is 0 Å². The molecule has 5 nitrogen and oxygen atoms in total. The predicted octanol–water partition coefficient (Wildman–Crippen LogP) is 4.95. The number of aliphatic hydroxyl groups is 3. The SMILES string of the molecule is CCC(CCc1ccc(OCC(O)C(C)(C)C)c(C)c1)c1ccc(OCC(O)CO)c(C)c1. The van der Waals surface area contributed by atoms with Crippen LogP contribution in [0.1, 0.15) is 68.7 Å². The second kappa shape index (κ2) is 12.4. The summed E-state index contributed by atoms with van der Waals surface area (Å²) >= 11 is 0. The van der Waals surface area contributed by atoms with Gasteiger partial charge in [0.15, 0.2) is 0 Å². The summed E-state index contributed by atoms with van der Waals surface area (Å²) in [5.41, 5.74) is 4.49. The summed E-state index contributed by atoms with van der Waals surface area (Å²) in [5.74, 6) is 2.01. The van der Waals surface area contributed by atoms with Crippen LogP contribution in [-0.4, -0.2) is 47.3 Å². The molecule has 3 unspecified atom stereocenters. The lowest BCUT2D eigenvalue weighted by molar-refractivity contribution is 0.0216. The van der Waals surface area contributed by atoms with Gasteiger partial charge in [0.2, 0.25) is 0 Å². The van der Waals surface area contributed by atoms with Gasteiger partial charge in [0.05, 0.1) is 12.7 Å². The zero-order valence-corrected chi connectivity index (χ0v) is 21.1. The molecule has 2 aromatic rings. The Labute approximate surface area is 199 Å². The molecule has 0 aliphatic carbocycles. The maximum absolute atomic E-state index is 10.2. The first-order valence-electron chi connectivity index (χ1n) is 12.0. The first-order valence-corrected chi connectivity index (χ1v) is 12.0. The average Bonchev–Trinajstić information content (AvgIpc) is 2.77. The second-order valence-electron chi connectivity index (χ2n) is 10.1. The number of benzene rings is 2. The maximum atomic E-state index is 10.2. The van der Waals surface area contributed by atoms with Crippen LogP contribution in [0.15, 0.2) is 36.4 Å². The van der Waals surface area contributed by atoms with E-state index in [1.807, 2.05) is 39.8 Å². The molecule has 0 saturated carbocycles. The number of aliphatic hydroxyl groups excluding tert-OH is 3. The standard InChI is InChI=1S/C28H42O5/c1-7-22(23-11-13-26(20(3)15-23)32-17-24(30)16-29)10-8-21-9-12-25(19(2)14-21)33-18-27(31)28(4,5)6/h9,11-15,22,24,27,29-31H,7-8,10,16-18H2,1-6H3. The van der Waals surface area contributed by atoms with E-state index in [0.29, 0.717) is 12.5 Å². The lowest BCUT2D eigenvalue weighted by Gasteiger charge is -2.26. The Morgan fingerprint density at radius 2 is 1.48 bits per heavy atom. The molecule has 0 fully saturated rings. The Balaban J connectivity index is 1.97. The van der Waals surface area contributed by atoms with Crippen LogP contribution in [0.5, 0.6) is 11.5 Å². The van der Waals surface area contributed by atoms with Crippen LogP contribution in [0.25, 0.3) is 0 Å². The summed E-state index contributed by atoms with van der Waals surface area (Å²) in [5, 5.41) is 28.7. The Hall–Kier alpha value is -2.08. The zero-order chi connectivity index (χ0) is 24.6. The predicted molar refractivity (Wildman–Crippen MR) is 133 cm³/mol. The third-order valence-electron chi connectivity index (χ3n) is 6.22. The topological polar surface area (TPSA) is 79.2 Å². The van der Waals surface area contributed by atoms with Crippen molar-refractivity contribution >= 4 is 0 Å². The van der Waals surface area contributed by atoms with E-state index in [-0.39, 0.29) is 18.6 Å². The quantitative estimate of drug-likeness (QED) is 0.419. The molecular formula is C28H42O5. The van der Waals surface area contributed by atoms with Crippen LogP contribution in [-0.2, 0) is 6.42 Å². The van der Waals surface area contributed by atoms with Crippen molar-refractivity contribution < 1.29 is 24.8 Å². The van der Waals surface area contributed by atoms with Gasteiger partial charge in [-0.15, -0.1) is 0 Å². The Bertz CT molecular complexity index is 871. The molecule has 0 spiro atoms. The molecule has 0 aliphatic heterocycles. The molecule has 0 bridgehead atoms. The van der Waals surface area contributed by atoms with Crippen LogP contribution < -0.4 is 9.47 Å². The fourth-order valence-electron chi connectivity index (χ4n) is 3.72. The number of ether oxygens (including phenoxy) is 2. The van der Waals surface area contributed by atoms with Crippen LogP contribution in [0.2, 0.25) is 0 Å². The minimum absolute atomic E-state index is 0.0854. The summed E-state index contributed by atoms with van der Waals surface area (Å²) in [4.78, 5) is 0. The van der Waals surface area contributed by atoms with Gasteiger partial charge in [-0.1, -0.05) is 52.0 Å². The largest absolute Gasteiger partial charge is 0.491 e. The van der Waals surface area contributed by atoms with Gasteiger partial charge in [0.1, 0.15) is 30.8 Å². The first-order chi connectivity index (χ1) is 15.5. The molecule has 0 amide bonds. The average molecular weight is 459 g/mol. The van der Waals surface area contributed by atoms with Crippen molar-refractivity contribution in [2.75, 3.05) is 19.8 Å². The molecule has 0 aliphatic rings. The smallest absolute Gasteiger partial charge is 0.122 e. The molecule has 0 heterocycles. The molecule has 0 saturated heterocycles. The minimum Gasteiger partial charge on any atom is -0.491 e. The van der Waals surface area contributed by atoms with E-state index in [1.165, 1.54) is 11.1 Å². The third kappa shape index (κ3) is 8.33. The summed E-state index contributed by atoms with van der Waals surface area (Å²) < 4.78 is 11.5. The molecular weight excluding hydrogens is 416 g/mol. The molecule has 0 aromatic heterocycles. The van der Waals surface area contributed by atoms with Crippen LogP contribution >= 0.6 is 0 Å². The van der Waals surface area contributed by atoms with Crippen LogP contribution in [0, 0.1) is 19.3 Å². The summed E-state index contributed by atoms with van der Waals surface area (Å²) in [7, 11) is 0. The number of hydrogen-bond donors (Lipinski definition) is 3. The molecule has 5 heteroatoms. The van der Waals surface area contributed by atoms with Gasteiger partial charge < -0.3 is 24.8 Å². The molecule has 184 valence electrons. The van der Waals surface area contributed by atoms with Crippen molar-refractivity contribution in [3.05, 3.63) is 58.7 Å². The van der Waals surface area contributed by atoms with Crippen LogP contribution in [0.3, 0.4) is 0 Å². The Morgan fingerprint density at radius 1 is 0.879 bits per heavy atom. The van der Waals surface area contributed by atoms with E-state index in [4.69, 9.17) is 14.6 Å². The molecule has 0 radical (unpaired) electrons. The highest BCUT2D eigenvalue weighted by molar-refractivity contribution is 5.39. The van der Waals surface area contributed by atoms with Crippen molar-refractivity contribution in [3.63, 3.8) is 0 Å². The normalized spacial score (nSPS) is 14.6. The summed E-state index contributed by atoms with van der Waals surface area (Å²) in [6, 6.07) is 12.5. The Kier molecular flexibility index (Phi) is 10.2. The highest BCUT2D eigenvalue weighted by Gasteiger charge is 2.23. The number of hydrogen-bond acceptors (Lipinski definition) is 5. The highest BCUT2D eigenvalue weighted by atomic mass is 16.5. The fraction of sp³-hybridized carbons (Fsp3) is 0.571. The Morgan fingerprint density at radius 3 is 2.03 bits per heavy atom. The van der Waals surface area contributed by atoms with Gasteiger partial charge in [0, 0.05) is 0 Å². The third-order valence-corrected chi connectivity index (χ3v) is 6.22. The van der Waals surface area contributed by atoms with E-state index in [2.05, 4.69) is 38.1 Å². The van der Waals surface area contributed by atoms with Crippen molar-refractivity contribution in [1.29, 1.82) is 0 Å². The number of aryl methyl sites for hydroxylation is 3. The van der Waals surface area contributed by atoms with Gasteiger partial charge >= 0.3 is 0 Å². The summed E-state index contributed by atoms with van der Waals surface area (Å²) in [6.45, 7) is 12.4. The molecule has 3 atom stereocenters. The maximum Gasteiger partial charge on any atom is 0.122 e. The first kappa shape index (κ1) is 27.2. The van der Waals surface area contributed by atoms with E-state index < -0.39 is 12.2 Å². The van der Waals surface area contributed by atoms with Gasteiger partial charge in [0.25, 0.3) is 0 Å². The lowest BCUT2D eigenvalue weighted by atomic mass is 9.89. The second-order valence-corrected chi connectivity index (χ2v) is 10.1. The monoisotopic (exact) mass is 458 g/mol. The molecule has 2 aromatic carbocycles. The molecule has 2 rings (SSSR count). The van der Waals surface area contributed by atoms with Crippen LogP contribution in [0.4, 0.5) is 0 Å². The zero-order valence-electron chi connectivity index (χ0n) is 21.1.